The van der Waals surface area contributed by atoms with E-state index in [0.29, 0.717) is 17.2 Å². The first-order valence-electron chi connectivity index (χ1n) is 4.57. The molecule has 0 fully saturated rings. The molecule has 0 heterocycles. The molecule has 0 saturated carbocycles. The van der Waals surface area contributed by atoms with E-state index in [1.165, 1.54) is 5.57 Å². The van der Waals surface area contributed by atoms with Crippen LogP contribution in [-0.4, -0.2) is 0 Å². The molecule has 0 aromatic heterocycles. The van der Waals surface area contributed by atoms with E-state index in [4.69, 9.17) is 11.0 Å². The monoisotopic (exact) mass is 178 g/mol. The summed E-state index contributed by atoms with van der Waals surface area (Å²) >= 11 is 0. The molecule has 2 nitrogen and oxygen atoms in total. The standard InChI is InChI=1S/C11H18N2/c1-5-8(2)9(3)6-11(7-12)10(4)13/h6,8H,5,13H2,1-4H3/b9-6-,11-10-/t8-/m1/s1. The van der Waals surface area contributed by atoms with Crippen LogP contribution < -0.4 is 5.73 Å². The van der Waals surface area contributed by atoms with Gasteiger partial charge < -0.3 is 5.73 Å². The second-order valence-corrected chi connectivity index (χ2v) is 3.41. The van der Waals surface area contributed by atoms with Gasteiger partial charge in [0.15, 0.2) is 0 Å². The highest BCUT2D eigenvalue weighted by atomic mass is 14.6. The van der Waals surface area contributed by atoms with E-state index in [0.717, 1.165) is 6.42 Å². The van der Waals surface area contributed by atoms with Gasteiger partial charge in [0.25, 0.3) is 0 Å². The third-order valence-corrected chi connectivity index (χ3v) is 2.31. The van der Waals surface area contributed by atoms with Gasteiger partial charge >= 0.3 is 0 Å². The second kappa shape index (κ2) is 5.42. The van der Waals surface area contributed by atoms with Crippen molar-refractivity contribution in [2.24, 2.45) is 11.7 Å². The number of nitrogens with zero attached hydrogens (tertiary/aromatic N) is 1. The lowest BCUT2D eigenvalue weighted by atomic mass is 9.98. The quantitative estimate of drug-likeness (QED) is 0.533. The fourth-order valence-corrected chi connectivity index (χ4v) is 0.926. The first kappa shape index (κ1) is 11.8. The zero-order chi connectivity index (χ0) is 10.4. The molecule has 0 aliphatic heterocycles. The van der Waals surface area contributed by atoms with Gasteiger partial charge in [0, 0.05) is 5.70 Å². The minimum atomic E-state index is 0.516. The van der Waals surface area contributed by atoms with Crippen molar-refractivity contribution in [2.45, 2.75) is 34.1 Å². The summed E-state index contributed by atoms with van der Waals surface area (Å²) in [6.07, 6.45) is 2.97. The zero-order valence-corrected chi connectivity index (χ0v) is 8.89. The maximum atomic E-state index is 8.77. The molecule has 72 valence electrons. The molecule has 0 amide bonds. The Labute approximate surface area is 80.7 Å². The van der Waals surface area contributed by atoms with Gasteiger partial charge in [0.05, 0.1) is 5.57 Å². The van der Waals surface area contributed by atoms with E-state index in [2.05, 4.69) is 19.9 Å². The van der Waals surface area contributed by atoms with E-state index < -0.39 is 0 Å². The maximum absolute atomic E-state index is 8.77. The maximum Gasteiger partial charge on any atom is 0.101 e. The molecule has 0 radical (unpaired) electrons. The topological polar surface area (TPSA) is 49.8 Å². The molecular weight excluding hydrogens is 160 g/mol. The van der Waals surface area contributed by atoms with Crippen LogP contribution in [0.4, 0.5) is 0 Å². The van der Waals surface area contributed by atoms with Crippen LogP contribution in [0.1, 0.15) is 34.1 Å². The SMILES string of the molecule is CC[C@@H](C)/C(C)=C\C(C#N)=C(/C)N. The van der Waals surface area contributed by atoms with E-state index in [1.54, 1.807) is 6.92 Å². The summed E-state index contributed by atoms with van der Waals surface area (Å²) in [5.41, 5.74) is 7.93. The van der Waals surface area contributed by atoms with Crippen LogP contribution in [-0.2, 0) is 0 Å². The lowest BCUT2D eigenvalue weighted by Gasteiger charge is -2.08. The highest BCUT2D eigenvalue weighted by Crippen LogP contribution is 2.15. The lowest BCUT2D eigenvalue weighted by molar-refractivity contribution is 0.655. The number of hydrogen-bond donors (Lipinski definition) is 1. The van der Waals surface area contributed by atoms with Gasteiger partial charge in [0.1, 0.15) is 6.07 Å². The molecule has 0 aromatic rings. The summed E-state index contributed by atoms with van der Waals surface area (Å²) in [4.78, 5) is 0. The van der Waals surface area contributed by atoms with Gasteiger partial charge in [-0.25, -0.2) is 0 Å². The summed E-state index contributed by atoms with van der Waals surface area (Å²) in [6, 6.07) is 2.09. The van der Waals surface area contributed by atoms with Gasteiger partial charge in [-0.1, -0.05) is 19.4 Å². The Morgan fingerprint density at radius 2 is 2.08 bits per heavy atom. The molecule has 0 bridgehead atoms. The lowest BCUT2D eigenvalue weighted by Crippen LogP contribution is -1.98. The largest absolute Gasteiger partial charge is 0.401 e. The molecule has 2 heteroatoms. The Morgan fingerprint density at radius 1 is 1.54 bits per heavy atom. The number of allylic oxidation sites excluding steroid dienone is 4. The third kappa shape index (κ3) is 3.80. The summed E-state index contributed by atoms with van der Waals surface area (Å²) < 4.78 is 0. The van der Waals surface area contributed by atoms with E-state index >= 15 is 0 Å². The van der Waals surface area contributed by atoms with Crippen molar-refractivity contribution >= 4 is 0 Å². The van der Waals surface area contributed by atoms with Gasteiger partial charge in [-0.3, -0.25) is 0 Å². The van der Waals surface area contributed by atoms with Crippen molar-refractivity contribution in [3.05, 3.63) is 22.9 Å². The van der Waals surface area contributed by atoms with Gasteiger partial charge in [0.2, 0.25) is 0 Å². The Hall–Kier alpha value is -1.23. The fraction of sp³-hybridized carbons (Fsp3) is 0.545. The average Bonchev–Trinajstić information content (AvgIpc) is 2.11. The molecule has 0 aromatic carbocycles. The first-order valence-corrected chi connectivity index (χ1v) is 4.57. The van der Waals surface area contributed by atoms with Gasteiger partial charge in [-0.05, 0) is 32.3 Å². The van der Waals surface area contributed by atoms with Crippen LogP contribution in [0.5, 0.6) is 0 Å². The fourth-order valence-electron chi connectivity index (χ4n) is 0.926. The van der Waals surface area contributed by atoms with Crippen LogP contribution in [0.3, 0.4) is 0 Å². The number of rotatable bonds is 3. The number of hydrogen-bond acceptors (Lipinski definition) is 2. The Balaban J connectivity index is 4.75. The molecule has 0 aliphatic rings. The van der Waals surface area contributed by atoms with Crippen molar-refractivity contribution in [2.75, 3.05) is 0 Å². The smallest absolute Gasteiger partial charge is 0.101 e. The van der Waals surface area contributed by atoms with Crippen LogP contribution >= 0.6 is 0 Å². The van der Waals surface area contributed by atoms with E-state index in [1.807, 2.05) is 13.0 Å². The zero-order valence-electron chi connectivity index (χ0n) is 8.89. The summed E-state index contributed by atoms with van der Waals surface area (Å²) in [7, 11) is 0. The van der Waals surface area contributed by atoms with Crippen LogP contribution in [0.25, 0.3) is 0 Å². The summed E-state index contributed by atoms with van der Waals surface area (Å²) in [5.74, 6) is 0.516. The van der Waals surface area contributed by atoms with Crippen molar-refractivity contribution in [1.82, 2.24) is 0 Å². The summed E-state index contributed by atoms with van der Waals surface area (Å²) in [5, 5.41) is 8.77. The molecule has 0 saturated heterocycles. The van der Waals surface area contributed by atoms with E-state index in [-0.39, 0.29) is 0 Å². The number of nitriles is 1. The van der Waals surface area contributed by atoms with Crippen LogP contribution in [0.15, 0.2) is 22.9 Å². The second-order valence-electron chi connectivity index (χ2n) is 3.41. The molecule has 0 unspecified atom stereocenters. The van der Waals surface area contributed by atoms with Gasteiger partial charge in [-0.2, -0.15) is 5.26 Å². The van der Waals surface area contributed by atoms with Crippen LogP contribution in [0.2, 0.25) is 0 Å². The normalized spacial score (nSPS) is 16.1. The molecular formula is C11H18N2. The Morgan fingerprint density at radius 3 is 2.38 bits per heavy atom. The highest BCUT2D eigenvalue weighted by molar-refractivity contribution is 5.38. The Kier molecular flexibility index (Phi) is 4.91. The first-order chi connectivity index (χ1) is 6.02. The van der Waals surface area contributed by atoms with Crippen molar-refractivity contribution in [1.29, 1.82) is 5.26 Å². The van der Waals surface area contributed by atoms with Gasteiger partial charge in [-0.15, -0.1) is 0 Å². The predicted molar refractivity (Wildman–Crippen MR) is 55.7 cm³/mol. The minimum Gasteiger partial charge on any atom is -0.401 e. The average molecular weight is 178 g/mol. The van der Waals surface area contributed by atoms with Crippen molar-refractivity contribution in [3.63, 3.8) is 0 Å². The summed E-state index contributed by atoms with van der Waals surface area (Å²) in [6.45, 7) is 8.06. The highest BCUT2D eigenvalue weighted by Gasteiger charge is 2.02. The predicted octanol–water partition coefficient (Wildman–Crippen LogP) is 2.74. The molecule has 13 heavy (non-hydrogen) atoms. The van der Waals surface area contributed by atoms with Crippen molar-refractivity contribution < 1.29 is 0 Å². The molecule has 2 N–H and O–H groups in total. The van der Waals surface area contributed by atoms with Crippen molar-refractivity contribution in [3.8, 4) is 6.07 Å². The Bertz CT molecular complexity index is 262. The molecule has 0 spiro atoms. The minimum absolute atomic E-state index is 0.516. The molecule has 0 rings (SSSR count). The molecule has 0 aliphatic carbocycles. The van der Waals surface area contributed by atoms with Crippen LogP contribution in [0, 0.1) is 17.2 Å². The molecule has 1 atom stereocenters. The number of nitrogens with two attached hydrogens (primary N) is 1. The third-order valence-electron chi connectivity index (χ3n) is 2.31. The van der Waals surface area contributed by atoms with E-state index in [9.17, 15) is 0 Å².